The molecule has 0 aromatic heterocycles. The largest absolute Gasteiger partial charge is 0.399 e. The van der Waals surface area contributed by atoms with Crippen LogP contribution < -0.4 is 11.1 Å². The quantitative estimate of drug-likeness (QED) is 0.694. The highest BCUT2D eigenvalue weighted by Crippen LogP contribution is 2.24. The van der Waals surface area contributed by atoms with Crippen LogP contribution in [0, 0.1) is 0 Å². The molecule has 1 aliphatic rings. The third-order valence-corrected chi connectivity index (χ3v) is 4.53. The van der Waals surface area contributed by atoms with Crippen molar-refractivity contribution < 1.29 is 5.11 Å². The second kappa shape index (κ2) is 9.50. The van der Waals surface area contributed by atoms with E-state index in [1.165, 1.54) is 11.1 Å². The highest BCUT2D eigenvalue weighted by atomic mass is 35.5. The van der Waals surface area contributed by atoms with Crippen molar-refractivity contribution in [3.8, 4) is 0 Å². The minimum absolute atomic E-state index is 0. The number of aliphatic hydroxyl groups is 1. The fraction of sp³-hybridized carbons (Fsp3) is 0.333. The summed E-state index contributed by atoms with van der Waals surface area (Å²) in [5, 5.41) is 14.4. The molecule has 0 radical (unpaired) electrons. The number of aryl methyl sites for hydroxylation is 1. The summed E-state index contributed by atoms with van der Waals surface area (Å²) in [5.41, 5.74) is 10.2. The van der Waals surface area contributed by atoms with E-state index in [0.717, 1.165) is 30.5 Å². The second-order valence-electron chi connectivity index (χ2n) is 5.95. The van der Waals surface area contributed by atoms with Gasteiger partial charge >= 0.3 is 0 Å². The van der Waals surface area contributed by atoms with E-state index in [4.69, 9.17) is 17.3 Å². The number of benzene rings is 2. The van der Waals surface area contributed by atoms with Crippen LogP contribution in [0.5, 0.6) is 0 Å². The number of nitrogens with two attached hydrogens (primary N) is 1. The highest BCUT2D eigenvalue weighted by Gasteiger charge is 2.19. The lowest BCUT2D eigenvalue weighted by Gasteiger charge is -2.27. The van der Waals surface area contributed by atoms with Crippen molar-refractivity contribution in [3.05, 3.63) is 64.2 Å². The van der Waals surface area contributed by atoms with Crippen molar-refractivity contribution in [2.45, 2.75) is 31.4 Å². The molecule has 6 heteroatoms. The number of hydrogen-bond acceptors (Lipinski definition) is 3. The maximum atomic E-state index is 10.3. The summed E-state index contributed by atoms with van der Waals surface area (Å²) in [6.07, 6.45) is 2.56. The van der Waals surface area contributed by atoms with E-state index in [9.17, 15) is 5.11 Å². The second-order valence-corrected chi connectivity index (χ2v) is 6.38. The molecule has 3 rings (SSSR count). The fourth-order valence-corrected chi connectivity index (χ4v) is 3.26. The van der Waals surface area contributed by atoms with Crippen LogP contribution in [0.1, 0.15) is 29.2 Å². The summed E-state index contributed by atoms with van der Waals surface area (Å²) in [6.45, 7) is 0.530. The van der Waals surface area contributed by atoms with Crippen molar-refractivity contribution in [1.29, 1.82) is 0 Å². The minimum Gasteiger partial charge on any atom is -0.399 e. The maximum Gasteiger partial charge on any atom is 0.0914 e. The van der Waals surface area contributed by atoms with Gasteiger partial charge in [-0.25, -0.2) is 0 Å². The number of nitrogen functional groups attached to an aromatic ring is 1. The van der Waals surface area contributed by atoms with Crippen LogP contribution >= 0.6 is 36.4 Å². The summed E-state index contributed by atoms with van der Waals surface area (Å²) in [6, 6.07) is 13.9. The van der Waals surface area contributed by atoms with E-state index in [1.807, 2.05) is 30.3 Å². The van der Waals surface area contributed by atoms with E-state index >= 15 is 0 Å². The molecule has 0 heterocycles. The average molecular weight is 390 g/mol. The molecule has 0 amide bonds. The SMILES string of the molecule is Cl.Cl.Nc1ccc2c(c1)CC(NCC(O)c1cccc(Cl)c1)CC2. The van der Waals surface area contributed by atoms with Gasteiger partial charge in [-0.05, 0) is 60.2 Å². The molecule has 0 saturated carbocycles. The first-order chi connectivity index (χ1) is 10.6. The molecule has 0 aliphatic heterocycles. The first-order valence-corrected chi connectivity index (χ1v) is 8.04. The van der Waals surface area contributed by atoms with E-state index in [-0.39, 0.29) is 24.8 Å². The number of nitrogens with one attached hydrogen (secondary N) is 1. The van der Waals surface area contributed by atoms with Gasteiger partial charge in [0.05, 0.1) is 6.10 Å². The molecular weight excluding hydrogens is 367 g/mol. The lowest BCUT2D eigenvalue weighted by Crippen LogP contribution is -2.37. The zero-order valence-electron chi connectivity index (χ0n) is 13.2. The van der Waals surface area contributed by atoms with Crippen LogP contribution in [0.25, 0.3) is 0 Å². The molecule has 0 saturated heterocycles. The van der Waals surface area contributed by atoms with E-state index < -0.39 is 6.10 Å². The van der Waals surface area contributed by atoms with Crippen LogP contribution in [0.2, 0.25) is 5.02 Å². The lowest BCUT2D eigenvalue weighted by atomic mass is 9.88. The summed E-state index contributed by atoms with van der Waals surface area (Å²) in [4.78, 5) is 0. The Morgan fingerprint density at radius 3 is 2.71 bits per heavy atom. The third kappa shape index (κ3) is 5.27. The molecule has 0 spiro atoms. The summed E-state index contributed by atoms with van der Waals surface area (Å²) in [5.74, 6) is 0. The predicted octanol–water partition coefficient (Wildman–Crippen LogP) is 3.95. The van der Waals surface area contributed by atoms with Crippen LogP contribution in [0.15, 0.2) is 42.5 Å². The Labute approximate surface area is 160 Å². The highest BCUT2D eigenvalue weighted by molar-refractivity contribution is 6.30. The Hall–Kier alpha value is -0.970. The Bertz CT molecular complexity index is 666. The van der Waals surface area contributed by atoms with Gasteiger partial charge in [0.2, 0.25) is 0 Å². The molecule has 0 fully saturated rings. The number of anilines is 1. The predicted molar refractivity (Wildman–Crippen MR) is 106 cm³/mol. The van der Waals surface area contributed by atoms with Gasteiger partial charge in [0.1, 0.15) is 0 Å². The molecule has 0 bridgehead atoms. The van der Waals surface area contributed by atoms with Gasteiger partial charge in [0, 0.05) is 23.3 Å². The van der Waals surface area contributed by atoms with Crippen LogP contribution in [-0.2, 0) is 12.8 Å². The van der Waals surface area contributed by atoms with E-state index in [1.54, 1.807) is 0 Å². The van der Waals surface area contributed by atoms with Crippen LogP contribution in [0.4, 0.5) is 5.69 Å². The minimum atomic E-state index is -0.541. The first-order valence-electron chi connectivity index (χ1n) is 7.66. The molecule has 2 unspecified atom stereocenters. The number of rotatable bonds is 4. The first kappa shape index (κ1) is 21.1. The van der Waals surface area contributed by atoms with Crippen LogP contribution in [0.3, 0.4) is 0 Å². The Morgan fingerprint density at radius 1 is 1.17 bits per heavy atom. The van der Waals surface area contributed by atoms with Gasteiger partial charge < -0.3 is 16.2 Å². The number of fused-ring (bicyclic) bond motifs is 1. The maximum absolute atomic E-state index is 10.3. The number of hydrogen-bond donors (Lipinski definition) is 3. The van der Waals surface area contributed by atoms with Crippen molar-refractivity contribution in [2.24, 2.45) is 0 Å². The number of aliphatic hydroxyl groups excluding tert-OH is 1. The smallest absolute Gasteiger partial charge is 0.0914 e. The van der Waals surface area contributed by atoms with Gasteiger partial charge in [0.25, 0.3) is 0 Å². The molecule has 3 nitrogen and oxygen atoms in total. The van der Waals surface area contributed by atoms with Crippen molar-refractivity contribution in [3.63, 3.8) is 0 Å². The molecule has 2 aromatic carbocycles. The van der Waals surface area contributed by atoms with Gasteiger partial charge in [-0.3, -0.25) is 0 Å². The third-order valence-electron chi connectivity index (χ3n) is 4.29. The zero-order valence-corrected chi connectivity index (χ0v) is 15.6. The summed E-state index contributed by atoms with van der Waals surface area (Å²) >= 11 is 5.97. The van der Waals surface area contributed by atoms with Crippen molar-refractivity contribution in [2.75, 3.05) is 12.3 Å². The van der Waals surface area contributed by atoms with Gasteiger partial charge in [-0.15, -0.1) is 24.8 Å². The topological polar surface area (TPSA) is 58.3 Å². The Balaban J connectivity index is 0.00000144. The van der Waals surface area contributed by atoms with Gasteiger partial charge in [-0.2, -0.15) is 0 Å². The monoisotopic (exact) mass is 388 g/mol. The number of halogens is 3. The standard InChI is InChI=1S/C18H21ClN2O.2ClH/c19-15-3-1-2-13(8-15)18(22)11-21-17-7-5-12-4-6-16(20)9-14(12)10-17;;/h1-4,6,8-9,17-18,21-22H,5,7,10-11,20H2;2*1H. The normalized spacial score (nSPS) is 17.2. The van der Waals surface area contributed by atoms with Crippen LogP contribution in [-0.4, -0.2) is 17.7 Å². The lowest BCUT2D eigenvalue weighted by molar-refractivity contribution is 0.168. The molecule has 2 aromatic rings. The van der Waals surface area contributed by atoms with Crippen molar-refractivity contribution >= 4 is 42.1 Å². The zero-order chi connectivity index (χ0) is 15.5. The van der Waals surface area contributed by atoms with E-state index in [0.29, 0.717) is 17.6 Å². The van der Waals surface area contributed by atoms with Crippen molar-refractivity contribution in [1.82, 2.24) is 5.32 Å². The molecule has 1 aliphatic carbocycles. The average Bonchev–Trinajstić information content (AvgIpc) is 2.52. The Morgan fingerprint density at radius 2 is 1.96 bits per heavy atom. The molecule has 132 valence electrons. The van der Waals surface area contributed by atoms with Gasteiger partial charge in [0.15, 0.2) is 0 Å². The molecular formula is C18H23Cl3N2O. The van der Waals surface area contributed by atoms with Gasteiger partial charge in [-0.1, -0.05) is 29.8 Å². The molecule has 4 N–H and O–H groups in total. The van der Waals surface area contributed by atoms with E-state index in [2.05, 4.69) is 17.4 Å². The molecule has 24 heavy (non-hydrogen) atoms. The molecule has 2 atom stereocenters. The fourth-order valence-electron chi connectivity index (χ4n) is 3.06. The summed E-state index contributed by atoms with van der Waals surface area (Å²) in [7, 11) is 0. The Kier molecular flexibility index (Phi) is 8.34. The summed E-state index contributed by atoms with van der Waals surface area (Å²) < 4.78 is 0.